The van der Waals surface area contributed by atoms with Crippen molar-refractivity contribution in [3.63, 3.8) is 0 Å². The second-order valence-corrected chi connectivity index (χ2v) is 5.04. The summed E-state index contributed by atoms with van der Waals surface area (Å²) in [6.45, 7) is 4.05. The van der Waals surface area contributed by atoms with Crippen molar-refractivity contribution in [3.8, 4) is 0 Å². The molecule has 0 atom stereocenters. The molecule has 0 spiro atoms. The van der Waals surface area contributed by atoms with E-state index in [-0.39, 0.29) is 0 Å². The second-order valence-electron chi connectivity index (χ2n) is 5.04. The zero-order valence-corrected chi connectivity index (χ0v) is 9.97. The van der Waals surface area contributed by atoms with Crippen molar-refractivity contribution in [1.82, 2.24) is 15.0 Å². The van der Waals surface area contributed by atoms with E-state index in [9.17, 15) is 0 Å². The topological polar surface area (TPSA) is 51.4 Å². The molecule has 1 radical (unpaired) electrons. The lowest BCUT2D eigenvalue weighted by Gasteiger charge is -2.31. The van der Waals surface area contributed by atoms with E-state index in [4.69, 9.17) is 9.26 Å². The van der Waals surface area contributed by atoms with Gasteiger partial charge in [-0.3, -0.25) is 0 Å². The Morgan fingerprint density at radius 3 is 2.76 bits per heavy atom. The van der Waals surface area contributed by atoms with Gasteiger partial charge in [0, 0.05) is 19.6 Å². The molecule has 1 aromatic rings. The fourth-order valence-electron chi connectivity index (χ4n) is 2.34. The molecule has 1 aromatic heterocycles. The zero-order chi connectivity index (χ0) is 11.5. The van der Waals surface area contributed by atoms with E-state index in [1.54, 1.807) is 0 Å². The van der Waals surface area contributed by atoms with Crippen LogP contribution in [-0.4, -0.2) is 40.8 Å². The molecule has 1 aliphatic heterocycles. The van der Waals surface area contributed by atoms with Gasteiger partial charge in [0.2, 0.25) is 6.33 Å². The largest absolute Gasteiger partial charge is 0.368 e. The van der Waals surface area contributed by atoms with Gasteiger partial charge in [0.25, 0.3) is 5.89 Å². The van der Waals surface area contributed by atoms with Gasteiger partial charge in [-0.15, -0.1) is 0 Å². The van der Waals surface area contributed by atoms with Crippen LogP contribution in [0.15, 0.2) is 4.52 Å². The van der Waals surface area contributed by atoms with E-state index in [1.165, 1.54) is 19.4 Å². The van der Waals surface area contributed by atoms with Crippen molar-refractivity contribution in [1.29, 1.82) is 0 Å². The molecule has 1 saturated carbocycles. The van der Waals surface area contributed by atoms with Crippen LogP contribution in [0.2, 0.25) is 0 Å². The summed E-state index contributed by atoms with van der Waals surface area (Å²) in [4.78, 5) is 6.39. The van der Waals surface area contributed by atoms with Crippen LogP contribution in [0.5, 0.6) is 0 Å². The fourth-order valence-corrected chi connectivity index (χ4v) is 2.34. The Kier molecular flexibility index (Phi) is 3.38. The first-order chi connectivity index (χ1) is 8.40. The van der Waals surface area contributed by atoms with E-state index >= 15 is 0 Å². The first-order valence-electron chi connectivity index (χ1n) is 6.43. The summed E-state index contributed by atoms with van der Waals surface area (Å²) in [6.07, 6.45) is 7.84. The Labute approximate surface area is 101 Å². The standard InChI is InChI=1S/C12H18N3O2/c1-2-10(1)7-15-5-3-11(4-6-15)16-8-12-13-9-14-17-12/h10-11H,1-8H2. The smallest absolute Gasteiger partial charge is 0.253 e. The van der Waals surface area contributed by atoms with E-state index < -0.39 is 0 Å². The Hall–Kier alpha value is -0.940. The number of likely N-dealkylation sites (tertiary alicyclic amines) is 1. The van der Waals surface area contributed by atoms with Gasteiger partial charge in [-0.25, -0.2) is 0 Å². The maximum Gasteiger partial charge on any atom is 0.253 e. The van der Waals surface area contributed by atoms with Crippen LogP contribution in [0.25, 0.3) is 0 Å². The van der Waals surface area contributed by atoms with Crippen molar-refractivity contribution in [3.05, 3.63) is 12.2 Å². The van der Waals surface area contributed by atoms with Gasteiger partial charge in [0.05, 0.1) is 6.10 Å². The number of nitrogens with zero attached hydrogens (tertiary/aromatic N) is 3. The highest BCUT2D eigenvalue weighted by molar-refractivity contribution is 4.81. The summed E-state index contributed by atoms with van der Waals surface area (Å²) in [5.74, 6) is 1.51. The summed E-state index contributed by atoms with van der Waals surface area (Å²) < 4.78 is 10.6. The maximum atomic E-state index is 5.75. The molecule has 93 valence electrons. The second kappa shape index (κ2) is 5.14. The van der Waals surface area contributed by atoms with Crippen molar-refractivity contribution >= 4 is 0 Å². The van der Waals surface area contributed by atoms with Crippen LogP contribution in [0.4, 0.5) is 0 Å². The van der Waals surface area contributed by atoms with Gasteiger partial charge in [-0.1, -0.05) is 5.16 Å². The van der Waals surface area contributed by atoms with Gasteiger partial charge in [0.1, 0.15) is 6.61 Å². The van der Waals surface area contributed by atoms with Crippen LogP contribution in [0, 0.1) is 12.2 Å². The van der Waals surface area contributed by atoms with E-state index in [1.807, 2.05) is 0 Å². The Morgan fingerprint density at radius 1 is 1.29 bits per heavy atom. The van der Waals surface area contributed by atoms with Gasteiger partial charge >= 0.3 is 0 Å². The molecule has 1 aliphatic carbocycles. The average molecular weight is 236 g/mol. The normalized spacial score (nSPS) is 23.1. The predicted molar refractivity (Wildman–Crippen MR) is 60.1 cm³/mol. The molecular formula is C12H18N3O2. The SMILES string of the molecule is [c]1noc(COC2CCN(CC3CC3)CC2)n1. The van der Waals surface area contributed by atoms with Gasteiger partial charge < -0.3 is 14.2 Å². The summed E-state index contributed by atoms with van der Waals surface area (Å²) >= 11 is 0. The average Bonchev–Trinajstić information content (AvgIpc) is 3.02. The summed E-state index contributed by atoms with van der Waals surface area (Å²) in [6, 6.07) is 0. The fraction of sp³-hybridized carbons (Fsp3) is 0.833. The van der Waals surface area contributed by atoms with Gasteiger partial charge in [-0.05, 0) is 31.6 Å². The van der Waals surface area contributed by atoms with Crippen LogP contribution in [0.1, 0.15) is 31.6 Å². The molecule has 0 unspecified atom stereocenters. The van der Waals surface area contributed by atoms with Crippen LogP contribution in [-0.2, 0) is 11.3 Å². The molecule has 2 aliphatic rings. The molecule has 5 nitrogen and oxygen atoms in total. The number of hydrogen-bond donors (Lipinski definition) is 0. The quantitative estimate of drug-likeness (QED) is 0.770. The minimum absolute atomic E-state index is 0.345. The molecule has 1 saturated heterocycles. The Morgan fingerprint density at radius 2 is 2.12 bits per heavy atom. The third-order valence-electron chi connectivity index (χ3n) is 3.56. The van der Waals surface area contributed by atoms with Crippen molar-refractivity contribution in [2.24, 2.45) is 5.92 Å². The maximum absolute atomic E-state index is 5.75. The summed E-state index contributed by atoms with van der Waals surface area (Å²) in [5, 5.41) is 3.44. The van der Waals surface area contributed by atoms with Gasteiger partial charge in [-0.2, -0.15) is 4.98 Å². The van der Waals surface area contributed by atoms with Crippen LogP contribution >= 0.6 is 0 Å². The highest BCUT2D eigenvalue weighted by atomic mass is 16.5. The molecule has 17 heavy (non-hydrogen) atoms. The molecule has 2 fully saturated rings. The van der Waals surface area contributed by atoms with Crippen molar-refractivity contribution in [2.75, 3.05) is 19.6 Å². The Balaban J connectivity index is 1.36. The number of piperidine rings is 1. The first kappa shape index (κ1) is 11.2. The molecule has 0 bridgehead atoms. The predicted octanol–water partition coefficient (Wildman–Crippen LogP) is 1.26. The molecule has 0 aromatic carbocycles. The Bertz CT molecular complexity index is 330. The van der Waals surface area contributed by atoms with E-state index in [0.29, 0.717) is 18.6 Å². The number of rotatable bonds is 5. The molecule has 2 heterocycles. The highest BCUT2D eigenvalue weighted by Gasteiger charge is 2.27. The minimum atomic E-state index is 0.345. The van der Waals surface area contributed by atoms with Crippen LogP contribution < -0.4 is 0 Å². The number of hydrogen-bond acceptors (Lipinski definition) is 5. The molecular weight excluding hydrogens is 218 g/mol. The third kappa shape index (κ3) is 3.26. The molecule has 5 heteroatoms. The summed E-state index contributed by atoms with van der Waals surface area (Å²) in [7, 11) is 0. The third-order valence-corrected chi connectivity index (χ3v) is 3.56. The van der Waals surface area contributed by atoms with Crippen molar-refractivity contribution < 1.29 is 9.26 Å². The highest BCUT2D eigenvalue weighted by Crippen LogP contribution is 2.30. The first-order valence-corrected chi connectivity index (χ1v) is 6.43. The summed E-state index contributed by atoms with van der Waals surface area (Å²) in [5.41, 5.74) is 0. The molecule has 0 amide bonds. The van der Waals surface area contributed by atoms with E-state index in [0.717, 1.165) is 31.8 Å². The van der Waals surface area contributed by atoms with Gasteiger partial charge in [0.15, 0.2) is 0 Å². The minimum Gasteiger partial charge on any atom is -0.368 e. The van der Waals surface area contributed by atoms with Crippen molar-refractivity contribution in [2.45, 2.75) is 38.4 Å². The molecule has 3 rings (SSSR count). The number of aromatic nitrogens is 2. The zero-order valence-electron chi connectivity index (χ0n) is 9.97. The lowest BCUT2D eigenvalue weighted by atomic mass is 10.1. The monoisotopic (exact) mass is 236 g/mol. The molecule has 0 N–H and O–H groups in total. The lowest BCUT2D eigenvalue weighted by Crippen LogP contribution is -2.38. The van der Waals surface area contributed by atoms with E-state index in [2.05, 4.69) is 21.4 Å². The van der Waals surface area contributed by atoms with Crippen LogP contribution in [0.3, 0.4) is 0 Å². The lowest BCUT2D eigenvalue weighted by molar-refractivity contribution is -0.0129. The number of ether oxygens (including phenoxy) is 1.